The Bertz CT molecular complexity index is 953. The summed E-state index contributed by atoms with van der Waals surface area (Å²) in [5.41, 5.74) is 2.67. The topological polar surface area (TPSA) is 75.6 Å². The number of morpholine rings is 1. The molecule has 0 bridgehead atoms. The van der Waals surface area contributed by atoms with E-state index >= 15 is 0 Å². The molecule has 0 radical (unpaired) electrons. The summed E-state index contributed by atoms with van der Waals surface area (Å²) < 4.78 is 7.12. The fourth-order valence-corrected chi connectivity index (χ4v) is 4.35. The fourth-order valence-electron chi connectivity index (χ4n) is 4.35. The summed E-state index contributed by atoms with van der Waals surface area (Å²) in [5, 5.41) is 6.23. The molecule has 182 valence electrons. The molecule has 3 heterocycles. The molecule has 1 aromatic carbocycles. The van der Waals surface area contributed by atoms with Crippen LogP contribution in [-0.2, 0) is 11.2 Å². The smallest absolute Gasteiger partial charge is 0.263 e. The number of nitrogens with one attached hydrogen (secondary N) is 2. The third-order valence-corrected chi connectivity index (χ3v) is 6.29. The first-order valence-electron chi connectivity index (χ1n) is 11.2. The number of pyridine rings is 1. The second-order valence-corrected chi connectivity index (χ2v) is 8.42. The van der Waals surface area contributed by atoms with Crippen LogP contribution in [0.5, 0.6) is 0 Å². The van der Waals surface area contributed by atoms with Crippen molar-refractivity contribution < 1.29 is 9.53 Å². The van der Waals surface area contributed by atoms with Crippen LogP contribution < -0.4 is 16.2 Å². The average Bonchev–Trinajstić information content (AvgIpc) is 2.80. The highest BCUT2D eigenvalue weighted by atomic mass is 35.5. The molecule has 0 atom stereocenters. The number of hydrogen-bond donors (Lipinski definition) is 2. The zero-order valence-corrected chi connectivity index (χ0v) is 20.7. The summed E-state index contributed by atoms with van der Waals surface area (Å²) in [7, 11) is 0. The van der Waals surface area contributed by atoms with Gasteiger partial charge < -0.3 is 19.9 Å². The molecule has 2 aliphatic heterocycles. The highest BCUT2D eigenvalue weighted by Crippen LogP contribution is 2.18. The number of benzene rings is 1. The van der Waals surface area contributed by atoms with E-state index in [9.17, 15) is 9.59 Å². The lowest BCUT2D eigenvalue weighted by Crippen LogP contribution is -2.37. The Morgan fingerprint density at radius 1 is 1.09 bits per heavy atom. The van der Waals surface area contributed by atoms with E-state index in [1.165, 1.54) is 5.56 Å². The Morgan fingerprint density at radius 2 is 1.76 bits per heavy atom. The van der Waals surface area contributed by atoms with E-state index in [2.05, 4.69) is 15.5 Å². The van der Waals surface area contributed by atoms with Gasteiger partial charge in [0.1, 0.15) is 5.56 Å². The number of piperidine rings is 1. The van der Waals surface area contributed by atoms with Crippen LogP contribution in [-0.4, -0.2) is 61.3 Å². The Hall–Kier alpha value is -1.90. The third kappa shape index (κ3) is 7.04. The fraction of sp³-hybridized carbons (Fsp3) is 0.500. The van der Waals surface area contributed by atoms with E-state index in [0.29, 0.717) is 11.3 Å². The molecule has 0 spiro atoms. The van der Waals surface area contributed by atoms with Crippen LogP contribution in [0, 0.1) is 6.92 Å². The van der Waals surface area contributed by atoms with Crippen LogP contribution >= 0.6 is 24.8 Å². The number of aromatic nitrogens is 1. The molecule has 7 nitrogen and oxygen atoms in total. The summed E-state index contributed by atoms with van der Waals surface area (Å²) >= 11 is 0. The zero-order chi connectivity index (χ0) is 21.6. The number of amides is 1. The lowest BCUT2D eigenvalue weighted by molar-refractivity contribution is 0.0384. The standard InChI is InChI=1S/C24H32N4O3.2ClH/c1-18-8-13-28(21-6-10-25-11-7-21)24(30)22(18)23(29)26-20-4-2-19(3-5-20)9-12-27-14-16-31-17-15-27;;/h2-5,8,13,21,25H,6-7,9-12,14-17H2,1H3,(H,26,29);2*1H. The monoisotopic (exact) mass is 496 g/mol. The van der Waals surface area contributed by atoms with E-state index < -0.39 is 0 Å². The van der Waals surface area contributed by atoms with Gasteiger partial charge in [0.2, 0.25) is 0 Å². The molecule has 2 fully saturated rings. The molecular weight excluding hydrogens is 463 g/mol. The molecule has 0 unspecified atom stereocenters. The van der Waals surface area contributed by atoms with Gasteiger partial charge in [-0.25, -0.2) is 0 Å². The number of nitrogens with zero attached hydrogens (tertiary/aromatic N) is 2. The van der Waals surface area contributed by atoms with E-state index in [-0.39, 0.29) is 47.9 Å². The summed E-state index contributed by atoms with van der Waals surface area (Å²) in [5.74, 6) is -0.341. The number of carbonyl (C=O) groups is 1. The van der Waals surface area contributed by atoms with Gasteiger partial charge in [0.25, 0.3) is 11.5 Å². The molecule has 2 aromatic rings. The van der Waals surface area contributed by atoms with Crippen molar-refractivity contribution in [1.82, 2.24) is 14.8 Å². The van der Waals surface area contributed by atoms with Crippen molar-refractivity contribution in [1.29, 1.82) is 0 Å². The summed E-state index contributed by atoms with van der Waals surface area (Å²) in [6.45, 7) is 8.20. The maximum absolute atomic E-state index is 13.1. The largest absolute Gasteiger partial charge is 0.379 e. The second-order valence-electron chi connectivity index (χ2n) is 8.42. The van der Waals surface area contributed by atoms with Crippen LogP contribution in [0.2, 0.25) is 0 Å². The Morgan fingerprint density at radius 3 is 2.42 bits per heavy atom. The first kappa shape index (κ1) is 27.3. The van der Waals surface area contributed by atoms with Crippen molar-refractivity contribution in [3.63, 3.8) is 0 Å². The van der Waals surface area contributed by atoms with Crippen LogP contribution in [0.1, 0.15) is 40.4 Å². The predicted octanol–water partition coefficient (Wildman–Crippen LogP) is 3.05. The van der Waals surface area contributed by atoms with Crippen molar-refractivity contribution in [3.05, 3.63) is 63.6 Å². The molecule has 2 saturated heterocycles. The first-order valence-corrected chi connectivity index (χ1v) is 11.2. The van der Waals surface area contributed by atoms with Gasteiger partial charge in [-0.05, 0) is 68.6 Å². The van der Waals surface area contributed by atoms with Gasteiger partial charge in [0, 0.05) is 37.6 Å². The van der Waals surface area contributed by atoms with E-state index in [4.69, 9.17) is 4.74 Å². The minimum atomic E-state index is -0.341. The number of rotatable bonds is 6. The zero-order valence-electron chi connectivity index (χ0n) is 19.0. The highest BCUT2D eigenvalue weighted by Gasteiger charge is 2.21. The number of ether oxygens (including phenoxy) is 1. The molecular formula is C24H34Cl2N4O3. The number of aryl methyl sites for hydroxylation is 1. The summed E-state index contributed by atoms with van der Waals surface area (Å²) in [6.07, 6.45) is 4.59. The minimum Gasteiger partial charge on any atom is -0.379 e. The maximum Gasteiger partial charge on any atom is 0.263 e. The van der Waals surface area contributed by atoms with Gasteiger partial charge in [0.05, 0.1) is 13.2 Å². The summed E-state index contributed by atoms with van der Waals surface area (Å²) in [6, 6.07) is 9.92. The molecule has 1 amide bonds. The van der Waals surface area contributed by atoms with E-state index in [0.717, 1.165) is 65.2 Å². The van der Waals surface area contributed by atoms with Gasteiger partial charge in [-0.15, -0.1) is 24.8 Å². The maximum atomic E-state index is 13.1. The van der Waals surface area contributed by atoms with E-state index in [1.54, 1.807) is 4.57 Å². The van der Waals surface area contributed by atoms with Crippen molar-refractivity contribution in [2.75, 3.05) is 51.3 Å². The SMILES string of the molecule is Cc1ccn(C2CCNCC2)c(=O)c1C(=O)Nc1ccc(CCN2CCOCC2)cc1.Cl.Cl. The molecule has 0 saturated carbocycles. The van der Waals surface area contributed by atoms with Gasteiger partial charge in [0.15, 0.2) is 0 Å². The molecule has 2 N–H and O–H groups in total. The van der Waals surface area contributed by atoms with E-state index in [1.807, 2.05) is 43.5 Å². The summed E-state index contributed by atoms with van der Waals surface area (Å²) in [4.78, 5) is 28.4. The van der Waals surface area contributed by atoms with Crippen molar-refractivity contribution in [2.24, 2.45) is 0 Å². The number of hydrogen-bond acceptors (Lipinski definition) is 5. The molecule has 4 rings (SSSR count). The van der Waals surface area contributed by atoms with Crippen molar-refractivity contribution in [2.45, 2.75) is 32.2 Å². The van der Waals surface area contributed by atoms with Crippen LogP contribution in [0.4, 0.5) is 5.69 Å². The predicted molar refractivity (Wildman–Crippen MR) is 136 cm³/mol. The second kappa shape index (κ2) is 13.1. The van der Waals surface area contributed by atoms with Crippen LogP contribution in [0.15, 0.2) is 41.3 Å². The van der Waals surface area contributed by atoms with Gasteiger partial charge in [-0.3, -0.25) is 14.5 Å². The lowest BCUT2D eigenvalue weighted by Gasteiger charge is -2.26. The third-order valence-electron chi connectivity index (χ3n) is 6.29. The average molecular weight is 497 g/mol. The molecule has 2 aliphatic rings. The Labute approximate surface area is 207 Å². The minimum absolute atomic E-state index is 0. The normalized spacial score (nSPS) is 17.0. The van der Waals surface area contributed by atoms with Crippen LogP contribution in [0.3, 0.4) is 0 Å². The Balaban J connectivity index is 0.00000193. The quantitative estimate of drug-likeness (QED) is 0.642. The van der Waals surface area contributed by atoms with Crippen LogP contribution in [0.25, 0.3) is 0 Å². The van der Waals surface area contributed by atoms with Gasteiger partial charge >= 0.3 is 0 Å². The first-order chi connectivity index (χ1) is 15.1. The van der Waals surface area contributed by atoms with Crippen molar-refractivity contribution in [3.8, 4) is 0 Å². The number of carbonyl (C=O) groups excluding carboxylic acids is 1. The molecule has 0 aliphatic carbocycles. The number of anilines is 1. The van der Waals surface area contributed by atoms with Gasteiger partial charge in [-0.1, -0.05) is 12.1 Å². The van der Waals surface area contributed by atoms with Gasteiger partial charge in [-0.2, -0.15) is 0 Å². The molecule has 1 aromatic heterocycles. The lowest BCUT2D eigenvalue weighted by atomic mass is 10.0. The Kier molecular flexibility index (Phi) is 10.9. The molecule has 33 heavy (non-hydrogen) atoms. The van der Waals surface area contributed by atoms with Crippen molar-refractivity contribution >= 4 is 36.4 Å². The highest BCUT2D eigenvalue weighted by molar-refractivity contribution is 6.05. The molecule has 9 heteroatoms. The number of halogens is 2.